The molecule has 2 aromatic carbocycles. The second-order valence-electron chi connectivity index (χ2n) is 22.2. The molecule has 2 aromatic rings. The number of unbranched alkanes of at least 4 members (excludes halogenated alkanes) is 8. The molecule has 4 aliphatic heterocycles. The highest BCUT2D eigenvalue weighted by Gasteiger charge is 2.44. The fraction of sp³-hybridized carbons (Fsp3) is 0.667. The molecule has 0 saturated carbocycles. The SMILES string of the molecule is CC[C@H](C)[C@@H]1NC(=O)[C@@H](Cc2ccc(OC)cc2)NC(=O)[C@H](CCCCCCCSSCCCCCCC[C@@H]2NC(=O)[C@H]3CCCN3C(=O)[C@H]([C@@H](C)CC)NC(=O)[C@@H](Cc3ccc(OC)cc3)NC2=O)NC(=O)[C@H]2CCCN2C1=O. The number of benzene rings is 2. The van der Waals surface area contributed by atoms with Crippen LogP contribution in [0.2, 0.25) is 0 Å². The monoisotopic (exact) mass is 1150 g/mol. The highest BCUT2D eigenvalue weighted by Crippen LogP contribution is 2.27. The number of carbonyl (C=O) groups is 8. The molecule has 18 nitrogen and oxygen atoms in total. The molecule has 6 N–H and O–H groups in total. The zero-order valence-corrected chi connectivity index (χ0v) is 49.8. The van der Waals surface area contributed by atoms with Crippen molar-refractivity contribution in [1.29, 1.82) is 0 Å². The van der Waals surface area contributed by atoms with Gasteiger partial charge < -0.3 is 51.2 Å². The standard InChI is InChI=1S/C60H90N8O10S2/c1-7-39(3)51-59(75)67-33-19-23-49(67)57(73)61-45(53(69)63-47(55(71)65-51)37-41-25-29-43(77-5)30-26-41)21-15-11-9-13-17-35-79-80-36-18-14-10-12-16-22-46-54(70)64-48(38-42-27-31-44(78-6)32-28-42)56(72)66-52(40(4)8-2)60(76)68-34-20-24-50(68)58(74)62-46/h25-32,39-40,45-52H,7-24,33-38H2,1-6H3,(H,61,73)(H,62,74)(H,63,69)(H,64,70)(H,65,71)(H,66,72)/t39-,40-,45-,46-,47+,48+,49+,50+,51-,52-/m0/s1. The molecule has 0 radical (unpaired) electrons. The molecule has 4 fully saturated rings. The molecule has 0 spiro atoms. The lowest BCUT2D eigenvalue weighted by molar-refractivity contribution is -0.144. The van der Waals surface area contributed by atoms with E-state index in [4.69, 9.17) is 9.47 Å². The number of ether oxygens (including phenoxy) is 2. The van der Waals surface area contributed by atoms with E-state index in [1.807, 2.05) is 73.5 Å². The Bertz CT molecular complexity index is 2200. The number of nitrogens with one attached hydrogen (secondary N) is 6. The smallest absolute Gasteiger partial charge is 0.246 e. The van der Waals surface area contributed by atoms with E-state index in [9.17, 15) is 38.4 Å². The average molecular weight is 1150 g/mol. The Morgan fingerprint density at radius 1 is 0.463 bits per heavy atom. The van der Waals surface area contributed by atoms with Crippen LogP contribution in [0.5, 0.6) is 11.5 Å². The van der Waals surface area contributed by atoms with Crippen LogP contribution in [-0.2, 0) is 51.2 Å². The quantitative estimate of drug-likeness (QED) is 0.0413. The Kier molecular flexibility index (Phi) is 26.1. The fourth-order valence-electron chi connectivity index (χ4n) is 11.1. The lowest BCUT2D eigenvalue weighted by Crippen LogP contribution is -2.62. The second-order valence-corrected chi connectivity index (χ2v) is 24.9. The molecule has 4 heterocycles. The number of fused-ring (bicyclic) bond motifs is 2. The number of carbonyl (C=O) groups excluding carboxylic acids is 8. The van der Waals surface area contributed by atoms with Crippen molar-refractivity contribution in [2.75, 3.05) is 38.8 Å². The summed E-state index contributed by atoms with van der Waals surface area (Å²) in [6.07, 6.45) is 14.2. The first-order chi connectivity index (χ1) is 38.6. The molecule has 80 heavy (non-hydrogen) atoms. The molecule has 0 bridgehead atoms. The number of nitrogens with zero attached hydrogens (tertiary/aromatic N) is 2. The van der Waals surface area contributed by atoms with Crippen molar-refractivity contribution < 1.29 is 47.8 Å². The van der Waals surface area contributed by atoms with E-state index in [0.29, 0.717) is 88.8 Å². The minimum Gasteiger partial charge on any atom is -0.497 e. The molecule has 6 rings (SSSR count). The van der Waals surface area contributed by atoms with Crippen molar-refractivity contribution in [2.45, 2.75) is 204 Å². The number of amides is 8. The highest BCUT2D eigenvalue weighted by atomic mass is 33.1. The molecule has 0 aromatic heterocycles. The van der Waals surface area contributed by atoms with Gasteiger partial charge in [0.25, 0.3) is 0 Å². The lowest BCUT2D eigenvalue weighted by Gasteiger charge is -2.34. The van der Waals surface area contributed by atoms with Gasteiger partial charge in [0, 0.05) is 37.4 Å². The van der Waals surface area contributed by atoms with Crippen molar-refractivity contribution in [3.05, 3.63) is 59.7 Å². The van der Waals surface area contributed by atoms with Gasteiger partial charge >= 0.3 is 0 Å². The Morgan fingerprint density at radius 3 is 1.16 bits per heavy atom. The van der Waals surface area contributed by atoms with E-state index < -0.39 is 72.0 Å². The Balaban J connectivity index is 0.908. The van der Waals surface area contributed by atoms with E-state index in [1.54, 1.807) is 48.3 Å². The zero-order valence-electron chi connectivity index (χ0n) is 48.2. The van der Waals surface area contributed by atoms with Gasteiger partial charge in [0.1, 0.15) is 59.8 Å². The largest absolute Gasteiger partial charge is 0.497 e. The number of methoxy groups -OCH3 is 2. The van der Waals surface area contributed by atoms with Crippen LogP contribution in [-0.4, -0.2) is 144 Å². The van der Waals surface area contributed by atoms with Gasteiger partial charge in [0.05, 0.1) is 14.2 Å². The van der Waals surface area contributed by atoms with Crippen molar-refractivity contribution >= 4 is 68.8 Å². The summed E-state index contributed by atoms with van der Waals surface area (Å²) in [7, 11) is 6.92. The molecule has 4 saturated heterocycles. The summed E-state index contributed by atoms with van der Waals surface area (Å²) in [5, 5.41) is 17.9. The van der Waals surface area contributed by atoms with Crippen molar-refractivity contribution in [3.8, 4) is 11.5 Å². The molecule has 0 aliphatic carbocycles. The molecule has 8 amide bonds. The normalized spacial score (nSPS) is 25.0. The average Bonchev–Trinajstić information content (AvgIpc) is 4.18. The molecule has 20 heteroatoms. The van der Waals surface area contributed by atoms with Crippen molar-refractivity contribution in [1.82, 2.24) is 41.7 Å². The van der Waals surface area contributed by atoms with E-state index in [0.717, 1.165) is 74.0 Å². The highest BCUT2D eigenvalue weighted by molar-refractivity contribution is 8.76. The Labute approximate surface area is 482 Å². The predicted octanol–water partition coefficient (Wildman–Crippen LogP) is 6.56. The predicted molar refractivity (Wildman–Crippen MR) is 314 cm³/mol. The maximum atomic E-state index is 14.0. The third-order valence-corrected chi connectivity index (χ3v) is 19.1. The summed E-state index contributed by atoms with van der Waals surface area (Å²) in [5.74, 6) is 0.148. The fourth-order valence-corrected chi connectivity index (χ4v) is 13.4. The summed E-state index contributed by atoms with van der Waals surface area (Å²) >= 11 is 0. The lowest BCUT2D eigenvalue weighted by atomic mass is 9.95. The van der Waals surface area contributed by atoms with Crippen LogP contribution in [0.4, 0.5) is 0 Å². The number of rotatable bonds is 27. The van der Waals surface area contributed by atoms with Crippen LogP contribution in [0.1, 0.15) is 154 Å². The Hall–Kier alpha value is -5.50. The number of hydrogen-bond acceptors (Lipinski definition) is 12. The minimum absolute atomic E-state index is 0.184. The van der Waals surface area contributed by atoms with Crippen LogP contribution >= 0.6 is 21.6 Å². The van der Waals surface area contributed by atoms with Gasteiger partial charge in [-0.1, -0.05) is 138 Å². The summed E-state index contributed by atoms with van der Waals surface area (Å²) in [6.45, 7) is 8.59. The van der Waals surface area contributed by atoms with Gasteiger partial charge in [-0.3, -0.25) is 38.4 Å². The third kappa shape index (κ3) is 18.5. The first-order valence-corrected chi connectivity index (χ1v) is 32.1. The van der Waals surface area contributed by atoms with Crippen molar-refractivity contribution in [2.24, 2.45) is 11.8 Å². The topological polar surface area (TPSA) is 234 Å². The van der Waals surface area contributed by atoms with Gasteiger partial charge in [-0.2, -0.15) is 0 Å². The van der Waals surface area contributed by atoms with Gasteiger partial charge in [0.15, 0.2) is 0 Å². The summed E-state index contributed by atoms with van der Waals surface area (Å²) in [5.41, 5.74) is 1.62. The number of hydrogen-bond donors (Lipinski definition) is 6. The van der Waals surface area contributed by atoms with Crippen LogP contribution in [0.3, 0.4) is 0 Å². The van der Waals surface area contributed by atoms with Crippen molar-refractivity contribution in [3.63, 3.8) is 0 Å². The summed E-state index contributed by atoms with van der Waals surface area (Å²) < 4.78 is 10.6. The zero-order chi connectivity index (χ0) is 57.6. The summed E-state index contributed by atoms with van der Waals surface area (Å²) in [6, 6.07) is 7.91. The molecule has 0 unspecified atom stereocenters. The van der Waals surface area contributed by atoms with Crippen LogP contribution < -0.4 is 41.4 Å². The molecular weight excluding hydrogens is 1060 g/mol. The first-order valence-electron chi connectivity index (χ1n) is 29.6. The minimum atomic E-state index is -0.967. The van der Waals surface area contributed by atoms with Crippen LogP contribution in [0.25, 0.3) is 0 Å². The van der Waals surface area contributed by atoms with E-state index >= 15 is 0 Å². The second kappa shape index (κ2) is 32.8. The van der Waals surface area contributed by atoms with E-state index in [1.165, 1.54) is 0 Å². The van der Waals surface area contributed by atoms with E-state index in [-0.39, 0.29) is 48.3 Å². The van der Waals surface area contributed by atoms with Gasteiger partial charge in [-0.15, -0.1) is 0 Å². The van der Waals surface area contributed by atoms with Gasteiger partial charge in [-0.25, -0.2) is 0 Å². The van der Waals surface area contributed by atoms with E-state index in [2.05, 4.69) is 31.9 Å². The summed E-state index contributed by atoms with van der Waals surface area (Å²) in [4.78, 5) is 115. The van der Waals surface area contributed by atoms with Crippen LogP contribution in [0.15, 0.2) is 48.5 Å². The Morgan fingerprint density at radius 2 is 0.800 bits per heavy atom. The molecule has 10 atom stereocenters. The first kappa shape index (κ1) is 63.7. The molecule has 442 valence electrons. The third-order valence-electron chi connectivity index (χ3n) is 16.5. The van der Waals surface area contributed by atoms with Gasteiger partial charge in [0.2, 0.25) is 47.3 Å². The van der Waals surface area contributed by atoms with Crippen LogP contribution in [0, 0.1) is 11.8 Å². The molecular formula is C60H90N8O10S2. The molecule has 4 aliphatic rings. The maximum Gasteiger partial charge on any atom is 0.246 e. The van der Waals surface area contributed by atoms with Gasteiger partial charge in [-0.05, 0) is 98.6 Å². The maximum absolute atomic E-state index is 14.0.